The fraction of sp³-hybridized carbons (Fsp3) is 0. The Bertz CT molecular complexity index is 443. The Hall–Kier alpha value is -0.520. The lowest BCUT2D eigenvalue weighted by Crippen LogP contribution is -1.93. The lowest BCUT2D eigenvalue weighted by atomic mass is 10.3. The van der Waals surface area contributed by atoms with Crippen LogP contribution in [0, 0.1) is 5.82 Å². The molecule has 13 heavy (non-hydrogen) atoms. The van der Waals surface area contributed by atoms with Crippen molar-refractivity contribution in [1.29, 1.82) is 0 Å². The van der Waals surface area contributed by atoms with E-state index in [0.717, 1.165) is 12.1 Å². The zero-order valence-electron chi connectivity index (χ0n) is 5.96. The third-order valence-corrected chi connectivity index (χ3v) is 2.81. The van der Waals surface area contributed by atoms with Crippen LogP contribution in [0.15, 0.2) is 17.0 Å². The molecule has 0 aliphatic heterocycles. The standard InChI is InChI=1S/C6H3Cl2FO3S/c7-3-1-4(9)6(10)5(2-3)13(8,11)12/h1-2,10H. The maximum atomic E-state index is 12.7. The first-order chi connectivity index (χ1) is 5.82. The molecule has 0 aliphatic carbocycles. The van der Waals surface area contributed by atoms with E-state index in [0.29, 0.717) is 0 Å². The van der Waals surface area contributed by atoms with Gasteiger partial charge in [-0.05, 0) is 12.1 Å². The molecular formula is C6H3Cl2FO3S. The first kappa shape index (κ1) is 10.6. The van der Waals surface area contributed by atoms with Gasteiger partial charge in [0.25, 0.3) is 9.05 Å². The highest BCUT2D eigenvalue weighted by molar-refractivity contribution is 8.13. The Labute approximate surface area is 83.1 Å². The van der Waals surface area contributed by atoms with Crippen LogP contribution in [0.2, 0.25) is 5.02 Å². The minimum Gasteiger partial charge on any atom is -0.504 e. The van der Waals surface area contributed by atoms with Gasteiger partial charge in [0.2, 0.25) is 0 Å². The molecule has 3 nitrogen and oxygen atoms in total. The predicted molar refractivity (Wildman–Crippen MR) is 46.1 cm³/mol. The summed E-state index contributed by atoms with van der Waals surface area (Å²) in [5, 5.41) is 8.80. The minimum absolute atomic E-state index is 0.158. The van der Waals surface area contributed by atoms with Crippen molar-refractivity contribution < 1.29 is 17.9 Å². The molecule has 0 saturated heterocycles. The Balaban J connectivity index is 3.56. The number of aromatic hydroxyl groups is 1. The van der Waals surface area contributed by atoms with Crippen molar-refractivity contribution in [1.82, 2.24) is 0 Å². The maximum Gasteiger partial charge on any atom is 0.265 e. The molecule has 0 atom stereocenters. The Morgan fingerprint density at radius 3 is 2.38 bits per heavy atom. The van der Waals surface area contributed by atoms with Crippen LogP contribution in [-0.4, -0.2) is 13.5 Å². The van der Waals surface area contributed by atoms with Gasteiger partial charge in [-0.15, -0.1) is 0 Å². The van der Waals surface area contributed by atoms with Gasteiger partial charge in [0.15, 0.2) is 11.6 Å². The third kappa shape index (κ3) is 2.24. The largest absolute Gasteiger partial charge is 0.504 e. The van der Waals surface area contributed by atoms with Gasteiger partial charge in [-0.2, -0.15) is 0 Å². The number of benzene rings is 1. The second-order valence-electron chi connectivity index (χ2n) is 2.17. The summed E-state index contributed by atoms with van der Waals surface area (Å²) in [6, 6.07) is 1.64. The fourth-order valence-corrected chi connectivity index (χ4v) is 1.95. The lowest BCUT2D eigenvalue weighted by molar-refractivity contribution is 0.418. The van der Waals surface area contributed by atoms with Crippen LogP contribution in [-0.2, 0) is 9.05 Å². The van der Waals surface area contributed by atoms with Crippen molar-refractivity contribution in [3.05, 3.63) is 23.0 Å². The Morgan fingerprint density at radius 1 is 1.38 bits per heavy atom. The molecule has 0 radical (unpaired) electrons. The van der Waals surface area contributed by atoms with E-state index in [1.165, 1.54) is 0 Å². The van der Waals surface area contributed by atoms with Gasteiger partial charge in [0, 0.05) is 15.7 Å². The average molecular weight is 245 g/mol. The number of rotatable bonds is 1. The normalized spacial score (nSPS) is 11.6. The van der Waals surface area contributed by atoms with Gasteiger partial charge in [0.1, 0.15) is 4.90 Å². The number of hydrogen-bond donors (Lipinski definition) is 1. The highest BCUT2D eigenvalue weighted by atomic mass is 35.7. The summed E-state index contributed by atoms with van der Waals surface area (Å²) in [5.41, 5.74) is 0. The molecule has 0 unspecified atom stereocenters. The molecule has 1 aromatic rings. The van der Waals surface area contributed by atoms with Crippen molar-refractivity contribution in [3.8, 4) is 5.75 Å². The predicted octanol–water partition coefficient (Wildman–Crippen LogP) is 2.11. The Morgan fingerprint density at radius 2 is 1.92 bits per heavy atom. The number of halogens is 3. The van der Waals surface area contributed by atoms with Crippen molar-refractivity contribution in [2.24, 2.45) is 0 Å². The van der Waals surface area contributed by atoms with E-state index in [9.17, 15) is 12.8 Å². The van der Waals surface area contributed by atoms with E-state index in [1.54, 1.807) is 0 Å². The molecule has 1 aromatic carbocycles. The van der Waals surface area contributed by atoms with Crippen molar-refractivity contribution in [2.75, 3.05) is 0 Å². The second-order valence-corrected chi connectivity index (χ2v) is 5.14. The van der Waals surface area contributed by atoms with Crippen molar-refractivity contribution in [3.63, 3.8) is 0 Å². The molecule has 0 fully saturated rings. The molecule has 0 spiro atoms. The molecular weight excluding hydrogens is 242 g/mol. The first-order valence-corrected chi connectivity index (χ1v) is 5.64. The molecule has 0 heterocycles. The van der Waals surface area contributed by atoms with E-state index < -0.39 is 25.5 Å². The molecule has 1 rings (SSSR count). The van der Waals surface area contributed by atoms with Crippen LogP contribution >= 0.6 is 22.3 Å². The second kappa shape index (κ2) is 3.32. The molecule has 72 valence electrons. The van der Waals surface area contributed by atoms with Crippen LogP contribution in [0.4, 0.5) is 4.39 Å². The lowest BCUT2D eigenvalue weighted by Gasteiger charge is -2.01. The van der Waals surface area contributed by atoms with Crippen LogP contribution in [0.5, 0.6) is 5.75 Å². The summed E-state index contributed by atoms with van der Waals surface area (Å²) in [7, 11) is 0.714. The van der Waals surface area contributed by atoms with E-state index in [-0.39, 0.29) is 5.02 Å². The summed E-state index contributed by atoms with van der Waals surface area (Å²) < 4.78 is 34.2. The minimum atomic E-state index is -4.18. The van der Waals surface area contributed by atoms with Crippen molar-refractivity contribution in [2.45, 2.75) is 4.90 Å². The molecule has 1 N–H and O–H groups in total. The zero-order chi connectivity index (χ0) is 10.2. The van der Waals surface area contributed by atoms with Crippen LogP contribution in [0.3, 0.4) is 0 Å². The fourth-order valence-electron chi connectivity index (χ4n) is 0.728. The quantitative estimate of drug-likeness (QED) is 0.771. The molecule has 7 heteroatoms. The number of hydrogen-bond acceptors (Lipinski definition) is 3. The molecule has 0 amide bonds. The SMILES string of the molecule is O=S(=O)(Cl)c1cc(Cl)cc(F)c1O. The molecule has 0 saturated carbocycles. The van der Waals surface area contributed by atoms with Gasteiger partial charge < -0.3 is 5.11 Å². The van der Waals surface area contributed by atoms with Crippen LogP contribution in [0.1, 0.15) is 0 Å². The Kier molecular flexibility index (Phi) is 2.70. The topological polar surface area (TPSA) is 54.4 Å². The van der Waals surface area contributed by atoms with Gasteiger partial charge >= 0.3 is 0 Å². The highest BCUT2D eigenvalue weighted by Gasteiger charge is 2.19. The van der Waals surface area contributed by atoms with Gasteiger partial charge in [-0.1, -0.05) is 11.6 Å². The molecule has 0 aromatic heterocycles. The highest BCUT2D eigenvalue weighted by Crippen LogP contribution is 2.31. The van der Waals surface area contributed by atoms with E-state index in [1.807, 2.05) is 0 Å². The first-order valence-electron chi connectivity index (χ1n) is 2.95. The van der Waals surface area contributed by atoms with Gasteiger partial charge in [-0.3, -0.25) is 0 Å². The monoisotopic (exact) mass is 244 g/mol. The van der Waals surface area contributed by atoms with Gasteiger partial charge in [0.05, 0.1) is 0 Å². The smallest absolute Gasteiger partial charge is 0.265 e. The summed E-state index contributed by atoms with van der Waals surface area (Å²) in [6.07, 6.45) is 0. The summed E-state index contributed by atoms with van der Waals surface area (Å²) in [6.45, 7) is 0. The maximum absolute atomic E-state index is 12.7. The third-order valence-electron chi connectivity index (χ3n) is 1.26. The summed E-state index contributed by atoms with van der Waals surface area (Å²) in [5.74, 6) is -2.16. The summed E-state index contributed by atoms with van der Waals surface area (Å²) in [4.78, 5) is -0.737. The van der Waals surface area contributed by atoms with Crippen molar-refractivity contribution >= 4 is 31.3 Å². The number of phenolic OH excluding ortho intramolecular Hbond substituents is 1. The molecule has 0 aliphatic rings. The summed E-state index contributed by atoms with van der Waals surface area (Å²) >= 11 is 5.35. The van der Waals surface area contributed by atoms with E-state index >= 15 is 0 Å². The molecule has 0 bridgehead atoms. The van der Waals surface area contributed by atoms with Crippen LogP contribution in [0.25, 0.3) is 0 Å². The van der Waals surface area contributed by atoms with Gasteiger partial charge in [-0.25, -0.2) is 12.8 Å². The van der Waals surface area contributed by atoms with Crippen LogP contribution < -0.4 is 0 Å². The zero-order valence-corrected chi connectivity index (χ0v) is 8.29. The number of phenols is 1. The van der Waals surface area contributed by atoms with E-state index in [2.05, 4.69) is 0 Å². The average Bonchev–Trinajstić information content (AvgIpc) is 1.94. The van der Waals surface area contributed by atoms with E-state index in [4.69, 9.17) is 27.4 Å².